The average Bonchev–Trinajstić information content (AvgIpc) is 2.09. The molecular weight excluding hydrogens is 170 g/mol. The molecule has 0 heterocycles. The quantitative estimate of drug-likeness (QED) is 0.285. The highest BCUT2D eigenvalue weighted by atomic mass is 16.5. The number of hydrogen-bond donors (Lipinski definition) is 0. The van der Waals surface area contributed by atoms with Gasteiger partial charge in [0.15, 0.2) is 0 Å². The maximum Gasteiger partial charge on any atom is 0.315 e. The van der Waals surface area contributed by atoms with Crippen LogP contribution in [0.3, 0.4) is 0 Å². The minimum atomic E-state index is -0.698. The molecule has 0 amide bonds. The monoisotopic (exact) mass is 185 g/mol. The van der Waals surface area contributed by atoms with E-state index in [1.807, 2.05) is 20.8 Å². The maximum atomic E-state index is 11.2. The number of rotatable bonds is 5. The zero-order valence-electron chi connectivity index (χ0n) is 8.23. The van der Waals surface area contributed by atoms with Crippen molar-refractivity contribution in [1.82, 2.24) is 0 Å². The van der Waals surface area contributed by atoms with E-state index in [4.69, 9.17) is 10.3 Å². The van der Waals surface area contributed by atoms with Crippen LogP contribution >= 0.6 is 0 Å². The van der Waals surface area contributed by atoms with Gasteiger partial charge in [-0.2, -0.15) is 0 Å². The molecule has 0 aromatic heterocycles. The normalized spacial score (nSPS) is 12.0. The van der Waals surface area contributed by atoms with E-state index in [1.165, 1.54) is 0 Å². The molecule has 0 aromatic rings. The molecule has 0 fully saturated rings. The Bertz CT molecular complexity index is 209. The van der Waals surface area contributed by atoms with Crippen LogP contribution in [-0.4, -0.2) is 18.6 Å². The van der Waals surface area contributed by atoms with E-state index in [0.717, 1.165) is 6.42 Å². The molecular formula is C8H15N3O2. The third-order valence-electron chi connectivity index (χ3n) is 1.50. The van der Waals surface area contributed by atoms with E-state index >= 15 is 0 Å². The minimum Gasteiger partial charge on any atom is -0.465 e. The van der Waals surface area contributed by atoms with E-state index in [-0.39, 0.29) is 5.92 Å². The fourth-order valence-electron chi connectivity index (χ4n) is 0.796. The predicted octanol–water partition coefficient (Wildman–Crippen LogP) is 2.27. The Labute approximate surface area is 77.7 Å². The molecule has 0 bridgehead atoms. The van der Waals surface area contributed by atoms with E-state index in [1.54, 1.807) is 0 Å². The Morgan fingerprint density at radius 3 is 2.62 bits per heavy atom. The van der Waals surface area contributed by atoms with Gasteiger partial charge in [-0.05, 0) is 17.9 Å². The van der Waals surface area contributed by atoms with Crippen molar-refractivity contribution in [2.75, 3.05) is 6.61 Å². The van der Waals surface area contributed by atoms with Crippen LogP contribution in [0.25, 0.3) is 10.4 Å². The van der Waals surface area contributed by atoms with Crippen LogP contribution in [0.5, 0.6) is 0 Å². The van der Waals surface area contributed by atoms with Crippen LogP contribution < -0.4 is 0 Å². The SMILES string of the molecule is CCCOC(=O)[C@@H](N=[N+]=[N-])C(C)C. The first-order chi connectivity index (χ1) is 6.13. The number of azide groups is 1. The largest absolute Gasteiger partial charge is 0.465 e. The van der Waals surface area contributed by atoms with Gasteiger partial charge in [0.05, 0.1) is 6.61 Å². The van der Waals surface area contributed by atoms with Crippen LogP contribution in [0.4, 0.5) is 0 Å². The van der Waals surface area contributed by atoms with Gasteiger partial charge in [-0.1, -0.05) is 25.9 Å². The summed E-state index contributed by atoms with van der Waals surface area (Å²) in [7, 11) is 0. The molecule has 13 heavy (non-hydrogen) atoms. The van der Waals surface area contributed by atoms with Crippen molar-refractivity contribution in [2.45, 2.75) is 33.2 Å². The number of hydrogen-bond acceptors (Lipinski definition) is 3. The first-order valence-electron chi connectivity index (χ1n) is 4.34. The molecule has 0 N–H and O–H groups in total. The Morgan fingerprint density at radius 2 is 2.23 bits per heavy atom. The van der Waals surface area contributed by atoms with Gasteiger partial charge >= 0.3 is 5.97 Å². The summed E-state index contributed by atoms with van der Waals surface area (Å²) in [6.45, 7) is 5.91. The summed E-state index contributed by atoms with van der Waals surface area (Å²) >= 11 is 0. The van der Waals surface area contributed by atoms with E-state index in [9.17, 15) is 4.79 Å². The van der Waals surface area contributed by atoms with Gasteiger partial charge in [0.25, 0.3) is 0 Å². The van der Waals surface area contributed by atoms with Gasteiger partial charge in [0, 0.05) is 4.91 Å². The fraction of sp³-hybridized carbons (Fsp3) is 0.875. The summed E-state index contributed by atoms with van der Waals surface area (Å²) in [6.07, 6.45) is 0.771. The lowest BCUT2D eigenvalue weighted by molar-refractivity contribution is -0.146. The van der Waals surface area contributed by atoms with Crippen LogP contribution in [-0.2, 0) is 9.53 Å². The summed E-state index contributed by atoms with van der Waals surface area (Å²) < 4.78 is 4.86. The van der Waals surface area contributed by atoms with Crippen molar-refractivity contribution < 1.29 is 9.53 Å². The summed E-state index contributed by atoms with van der Waals surface area (Å²) in [4.78, 5) is 13.9. The van der Waals surface area contributed by atoms with Crippen molar-refractivity contribution in [3.8, 4) is 0 Å². The summed E-state index contributed by atoms with van der Waals surface area (Å²) in [5, 5.41) is 3.38. The van der Waals surface area contributed by atoms with Gasteiger partial charge in [0.2, 0.25) is 0 Å². The highest BCUT2D eigenvalue weighted by molar-refractivity contribution is 5.76. The van der Waals surface area contributed by atoms with Crippen LogP contribution in [0.15, 0.2) is 5.11 Å². The standard InChI is InChI=1S/C8H15N3O2/c1-4-5-13-8(12)7(6(2)3)10-11-9/h6-7H,4-5H2,1-3H3/t7-/m0/s1. The zero-order chi connectivity index (χ0) is 10.3. The molecule has 74 valence electrons. The second kappa shape index (κ2) is 6.31. The number of nitrogens with zero attached hydrogens (tertiary/aromatic N) is 3. The van der Waals surface area contributed by atoms with Gasteiger partial charge < -0.3 is 4.74 Å². The molecule has 0 radical (unpaired) electrons. The molecule has 0 aliphatic rings. The van der Waals surface area contributed by atoms with Gasteiger partial charge in [-0.3, -0.25) is 4.79 Å². The van der Waals surface area contributed by atoms with Crippen LogP contribution in [0.1, 0.15) is 27.2 Å². The first-order valence-corrected chi connectivity index (χ1v) is 4.34. The smallest absolute Gasteiger partial charge is 0.315 e. The minimum absolute atomic E-state index is 0.0275. The second-order valence-electron chi connectivity index (χ2n) is 3.06. The summed E-state index contributed by atoms with van der Waals surface area (Å²) in [6, 6.07) is -0.698. The predicted molar refractivity (Wildman–Crippen MR) is 49.0 cm³/mol. The van der Waals surface area contributed by atoms with Gasteiger partial charge in [0.1, 0.15) is 6.04 Å². The summed E-state index contributed by atoms with van der Waals surface area (Å²) in [5.41, 5.74) is 8.21. The second-order valence-corrected chi connectivity index (χ2v) is 3.06. The third-order valence-corrected chi connectivity index (χ3v) is 1.50. The summed E-state index contributed by atoms with van der Waals surface area (Å²) in [5.74, 6) is -0.463. The van der Waals surface area contributed by atoms with Crippen molar-refractivity contribution in [2.24, 2.45) is 11.0 Å². The van der Waals surface area contributed by atoms with E-state index < -0.39 is 12.0 Å². The lowest BCUT2D eigenvalue weighted by Gasteiger charge is -2.13. The Balaban J connectivity index is 4.20. The van der Waals surface area contributed by atoms with Crippen molar-refractivity contribution in [3.63, 3.8) is 0 Å². The molecule has 0 saturated carbocycles. The van der Waals surface area contributed by atoms with Crippen LogP contribution in [0, 0.1) is 5.92 Å². The molecule has 0 spiro atoms. The number of esters is 1. The number of carbonyl (C=O) groups is 1. The Morgan fingerprint density at radius 1 is 1.62 bits per heavy atom. The maximum absolute atomic E-state index is 11.2. The van der Waals surface area contributed by atoms with Crippen molar-refractivity contribution in [1.29, 1.82) is 0 Å². The molecule has 0 aliphatic heterocycles. The van der Waals surface area contributed by atoms with Crippen molar-refractivity contribution in [3.05, 3.63) is 10.4 Å². The molecule has 0 aromatic carbocycles. The lowest BCUT2D eigenvalue weighted by atomic mass is 10.1. The van der Waals surface area contributed by atoms with E-state index in [0.29, 0.717) is 6.61 Å². The van der Waals surface area contributed by atoms with Crippen LogP contribution in [0.2, 0.25) is 0 Å². The van der Waals surface area contributed by atoms with Crippen molar-refractivity contribution >= 4 is 5.97 Å². The van der Waals surface area contributed by atoms with E-state index in [2.05, 4.69) is 10.0 Å². The highest BCUT2D eigenvalue weighted by Gasteiger charge is 2.21. The van der Waals surface area contributed by atoms with Gasteiger partial charge in [-0.15, -0.1) is 0 Å². The molecule has 1 atom stereocenters. The average molecular weight is 185 g/mol. The van der Waals surface area contributed by atoms with Gasteiger partial charge in [-0.25, -0.2) is 0 Å². The molecule has 0 rings (SSSR count). The topological polar surface area (TPSA) is 75.1 Å². The number of carbonyl (C=O) groups excluding carboxylic acids is 1. The number of ether oxygens (including phenoxy) is 1. The third kappa shape index (κ3) is 4.38. The molecule has 5 heteroatoms. The molecule has 0 aliphatic carbocycles. The highest BCUT2D eigenvalue weighted by Crippen LogP contribution is 2.08. The Hall–Kier alpha value is -1.22. The first kappa shape index (κ1) is 11.8. The zero-order valence-corrected chi connectivity index (χ0v) is 8.23. The Kier molecular flexibility index (Phi) is 5.72. The molecule has 5 nitrogen and oxygen atoms in total. The molecule has 0 unspecified atom stereocenters. The fourth-order valence-corrected chi connectivity index (χ4v) is 0.796. The molecule has 0 saturated heterocycles. The lowest BCUT2D eigenvalue weighted by Crippen LogP contribution is -2.26.